The second kappa shape index (κ2) is 10.7. The Morgan fingerprint density at radius 1 is 0.935 bits per heavy atom. The third-order valence-electron chi connectivity index (χ3n) is 5.32. The SMILES string of the molecule is CCCCO[P@](=O)(c1ccc(N(C)C)cc1)[C@@H](Nc1ccccc1)c1ccc(C)cc1. The summed E-state index contributed by atoms with van der Waals surface area (Å²) < 4.78 is 20.9. The van der Waals surface area contributed by atoms with Gasteiger partial charge in [-0.1, -0.05) is 61.4 Å². The summed E-state index contributed by atoms with van der Waals surface area (Å²) in [4.78, 5) is 2.03. The van der Waals surface area contributed by atoms with E-state index in [1.54, 1.807) is 0 Å². The van der Waals surface area contributed by atoms with Crippen LogP contribution in [0.25, 0.3) is 0 Å². The predicted molar refractivity (Wildman–Crippen MR) is 133 cm³/mol. The van der Waals surface area contributed by atoms with Gasteiger partial charge in [0.2, 0.25) is 0 Å². The van der Waals surface area contributed by atoms with Crippen LogP contribution < -0.4 is 15.5 Å². The average molecular weight is 437 g/mol. The summed E-state index contributed by atoms with van der Waals surface area (Å²) in [6, 6.07) is 26.0. The minimum atomic E-state index is -3.29. The molecule has 0 saturated carbocycles. The van der Waals surface area contributed by atoms with E-state index in [1.165, 1.54) is 5.56 Å². The topological polar surface area (TPSA) is 41.6 Å². The molecule has 0 spiro atoms. The molecule has 3 aromatic rings. The predicted octanol–water partition coefficient (Wildman–Crippen LogP) is 6.59. The summed E-state index contributed by atoms with van der Waals surface area (Å²) in [7, 11) is 0.703. The first kappa shape index (κ1) is 23.1. The van der Waals surface area contributed by atoms with E-state index in [-0.39, 0.29) is 0 Å². The van der Waals surface area contributed by atoms with Crippen LogP contribution in [0, 0.1) is 6.92 Å². The molecule has 0 saturated heterocycles. The molecule has 0 aromatic heterocycles. The van der Waals surface area contributed by atoms with Crippen molar-refractivity contribution in [3.63, 3.8) is 0 Å². The molecule has 0 bridgehead atoms. The van der Waals surface area contributed by atoms with Crippen LogP contribution >= 0.6 is 7.37 Å². The van der Waals surface area contributed by atoms with Gasteiger partial charge in [-0.25, -0.2) is 0 Å². The second-order valence-electron chi connectivity index (χ2n) is 8.02. The summed E-state index contributed by atoms with van der Waals surface area (Å²) in [6.07, 6.45) is 1.85. The van der Waals surface area contributed by atoms with E-state index in [1.807, 2.05) is 85.7 Å². The Bertz CT molecular complexity index is 986. The van der Waals surface area contributed by atoms with Crippen LogP contribution in [0.4, 0.5) is 11.4 Å². The van der Waals surface area contributed by atoms with Crippen LogP contribution in [0.1, 0.15) is 36.7 Å². The fourth-order valence-electron chi connectivity index (χ4n) is 3.41. The van der Waals surface area contributed by atoms with E-state index >= 15 is 0 Å². The van der Waals surface area contributed by atoms with Crippen molar-refractivity contribution in [3.8, 4) is 0 Å². The van der Waals surface area contributed by atoms with Gasteiger partial charge in [0.1, 0.15) is 5.78 Å². The fraction of sp³-hybridized carbons (Fsp3) is 0.308. The fourth-order valence-corrected chi connectivity index (χ4v) is 5.85. The lowest BCUT2D eigenvalue weighted by molar-refractivity contribution is 0.308. The monoisotopic (exact) mass is 436 g/mol. The van der Waals surface area contributed by atoms with Crippen molar-refractivity contribution in [3.05, 3.63) is 90.0 Å². The smallest absolute Gasteiger partial charge is 0.258 e. The Hall–Kier alpha value is -2.55. The van der Waals surface area contributed by atoms with Crippen LogP contribution in [-0.4, -0.2) is 20.7 Å². The maximum absolute atomic E-state index is 14.7. The van der Waals surface area contributed by atoms with Gasteiger partial charge in [0.25, 0.3) is 7.37 Å². The lowest BCUT2D eigenvalue weighted by atomic mass is 10.1. The van der Waals surface area contributed by atoms with Gasteiger partial charge >= 0.3 is 0 Å². The maximum atomic E-state index is 14.7. The number of unbranched alkanes of at least 4 members (excludes halogenated alkanes) is 1. The van der Waals surface area contributed by atoms with Crippen LogP contribution in [0.5, 0.6) is 0 Å². The molecule has 4 nitrogen and oxygen atoms in total. The Morgan fingerprint density at radius 2 is 1.58 bits per heavy atom. The van der Waals surface area contributed by atoms with E-state index in [9.17, 15) is 4.57 Å². The number of aryl methyl sites for hydroxylation is 1. The molecule has 2 atom stereocenters. The first-order chi connectivity index (χ1) is 14.9. The van der Waals surface area contributed by atoms with Crippen LogP contribution in [0.2, 0.25) is 0 Å². The molecule has 0 heterocycles. The van der Waals surface area contributed by atoms with Gasteiger partial charge in [0, 0.05) is 30.8 Å². The van der Waals surface area contributed by atoms with Crippen molar-refractivity contribution in [2.24, 2.45) is 0 Å². The molecule has 0 aliphatic rings. The highest BCUT2D eigenvalue weighted by Crippen LogP contribution is 2.59. The standard InChI is InChI=1S/C26H33N2O2P/c1-5-6-20-30-31(29,25-18-16-24(17-19-25)28(3)4)26(22-14-12-21(2)13-15-22)27-23-10-8-7-9-11-23/h7-19,26-27H,5-6,20H2,1-4H3/t26-,31-/m1/s1. The Kier molecular flexibility index (Phi) is 7.95. The number of nitrogens with zero attached hydrogens (tertiary/aromatic N) is 1. The number of anilines is 2. The number of rotatable bonds is 10. The average Bonchev–Trinajstić information content (AvgIpc) is 2.79. The molecule has 0 aliphatic heterocycles. The van der Waals surface area contributed by atoms with Crippen molar-refractivity contribution >= 4 is 24.0 Å². The Balaban J connectivity index is 2.08. The Morgan fingerprint density at radius 3 is 2.16 bits per heavy atom. The van der Waals surface area contributed by atoms with Gasteiger partial charge in [0.15, 0.2) is 0 Å². The van der Waals surface area contributed by atoms with Crippen molar-refractivity contribution in [1.29, 1.82) is 0 Å². The van der Waals surface area contributed by atoms with Gasteiger partial charge < -0.3 is 14.7 Å². The molecule has 0 unspecified atom stereocenters. The first-order valence-electron chi connectivity index (χ1n) is 10.8. The van der Waals surface area contributed by atoms with E-state index in [4.69, 9.17) is 4.52 Å². The summed E-state index contributed by atoms with van der Waals surface area (Å²) in [5.74, 6) is -0.488. The summed E-state index contributed by atoms with van der Waals surface area (Å²) >= 11 is 0. The molecule has 5 heteroatoms. The molecular formula is C26H33N2O2P. The van der Waals surface area contributed by atoms with Crippen molar-refractivity contribution in [2.45, 2.75) is 32.5 Å². The lowest BCUT2D eigenvalue weighted by Crippen LogP contribution is -2.21. The zero-order valence-electron chi connectivity index (χ0n) is 18.9. The van der Waals surface area contributed by atoms with Crippen molar-refractivity contribution in [2.75, 3.05) is 30.9 Å². The highest BCUT2D eigenvalue weighted by atomic mass is 31.2. The number of benzene rings is 3. The van der Waals surface area contributed by atoms with E-state index in [2.05, 4.69) is 31.3 Å². The summed E-state index contributed by atoms with van der Waals surface area (Å²) in [5.41, 5.74) is 4.09. The molecule has 0 fully saturated rings. The highest BCUT2D eigenvalue weighted by Gasteiger charge is 2.37. The molecule has 3 aromatic carbocycles. The van der Waals surface area contributed by atoms with Crippen molar-refractivity contribution < 1.29 is 9.09 Å². The molecule has 0 radical (unpaired) electrons. The molecule has 164 valence electrons. The zero-order valence-corrected chi connectivity index (χ0v) is 19.8. The number of nitrogens with one attached hydrogen (secondary N) is 1. The number of para-hydroxylation sites is 1. The Labute approximate surface area is 186 Å². The molecule has 1 N–H and O–H groups in total. The van der Waals surface area contributed by atoms with E-state index in [0.29, 0.717) is 6.61 Å². The van der Waals surface area contributed by atoms with Gasteiger partial charge in [-0.2, -0.15) is 0 Å². The summed E-state index contributed by atoms with van der Waals surface area (Å²) in [6.45, 7) is 4.63. The lowest BCUT2D eigenvalue weighted by Gasteiger charge is -2.30. The van der Waals surface area contributed by atoms with Crippen LogP contribution in [-0.2, 0) is 9.09 Å². The van der Waals surface area contributed by atoms with Crippen LogP contribution in [0.3, 0.4) is 0 Å². The second-order valence-corrected chi connectivity index (χ2v) is 10.5. The molecule has 3 rings (SSSR count). The summed E-state index contributed by atoms with van der Waals surface area (Å²) in [5, 5.41) is 4.24. The van der Waals surface area contributed by atoms with Crippen LogP contribution in [0.15, 0.2) is 78.9 Å². The normalized spacial score (nSPS) is 13.9. The molecular weight excluding hydrogens is 403 g/mol. The zero-order chi connectivity index (χ0) is 22.3. The van der Waals surface area contributed by atoms with Gasteiger partial charge in [0.05, 0.1) is 6.61 Å². The third-order valence-corrected chi connectivity index (χ3v) is 8.01. The molecule has 0 amide bonds. The van der Waals surface area contributed by atoms with E-state index in [0.717, 1.165) is 35.1 Å². The minimum Gasteiger partial charge on any atom is -0.378 e. The highest BCUT2D eigenvalue weighted by molar-refractivity contribution is 7.67. The largest absolute Gasteiger partial charge is 0.378 e. The van der Waals surface area contributed by atoms with Gasteiger partial charge in [-0.15, -0.1) is 0 Å². The maximum Gasteiger partial charge on any atom is 0.258 e. The van der Waals surface area contributed by atoms with Crippen molar-refractivity contribution in [1.82, 2.24) is 0 Å². The molecule has 0 aliphatic carbocycles. The number of hydrogen-bond acceptors (Lipinski definition) is 4. The first-order valence-corrected chi connectivity index (χ1v) is 12.5. The number of hydrogen-bond donors (Lipinski definition) is 1. The minimum absolute atomic E-state index is 0.460. The third kappa shape index (κ3) is 5.78. The molecule has 31 heavy (non-hydrogen) atoms. The van der Waals surface area contributed by atoms with Gasteiger partial charge in [-0.05, 0) is 55.3 Å². The van der Waals surface area contributed by atoms with E-state index < -0.39 is 13.2 Å². The van der Waals surface area contributed by atoms with Gasteiger partial charge in [-0.3, -0.25) is 4.57 Å². The quantitative estimate of drug-likeness (QED) is 0.287.